The van der Waals surface area contributed by atoms with Crippen LogP contribution in [0.4, 0.5) is 5.69 Å². The Morgan fingerprint density at radius 2 is 2.10 bits per heavy atom. The van der Waals surface area contributed by atoms with Crippen molar-refractivity contribution in [2.75, 3.05) is 11.9 Å². The maximum atomic E-state index is 11.2. The lowest BCUT2D eigenvalue weighted by Crippen LogP contribution is -2.35. The van der Waals surface area contributed by atoms with Crippen LogP contribution in [0.15, 0.2) is 42.5 Å². The zero-order valence-electron chi connectivity index (χ0n) is 11.4. The van der Waals surface area contributed by atoms with E-state index >= 15 is 0 Å². The van der Waals surface area contributed by atoms with Gasteiger partial charge in [0.15, 0.2) is 0 Å². The van der Waals surface area contributed by atoms with E-state index in [0.717, 1.165) is 23.4 Å². The van der Waals surface area contributed by atoms with Crippen LogP contribution in [0.5, 0.6) is 5.75 Å². The maximum Gasteiger partial charge on any atom is 0.335 e. The molecule has 0 spiro atoms. The first-order valence-electron chi connectivity index (χ1n) is 7.07. The van der Waals surface area contributed by atoms with Gasteiger partial charge in [-0.05, 0) is 36.2 Å². The van der Waals surface area contributed by atoms with E-state index in [2.05, 4.69) is 17.4 Å². The Morgan fingerprint density at radius 1 is 1.24 bits per heavy atom. The molecule has 21 heavy (non-hydrogen) atoms. The first kappa shape index (κ1) is 12.3. The number of para-hydroxylation sites is 1. The zero-order chi connectivity index (χ0) is 14.4. The van der Waals surface area contributed by atoms with Gasteiger partial charge in [-0.3, -0.25) is 0 Å². The molecule has 0 bridgehead atoms. The Labute approximate surface area is 122 Å². The highest BCUT2D eigenvalue weighted by atomic mass is 16.5. The number of fused-ring (bicyclic) bond motifs is 4. The lowest BCUT2D eigenvalue weighted by Gasteiger charge is -2.39. The van der Waals surface area contributed by atoms with Gasteiger partial charge in [0.25, 0.3) is 0 Å². The number of carbonyl (C=O) groups is 1. The summed E-state index contributed by atoms with van der Waals surface area (Å²) >= 11 is 0. The molecule has 106 valence electrons. The third-order valence-electron chi connectivity index (χ3n) is 4.33. The predicted octanol–water partition coefficient (Wildman–Crippen LogP) is 3.10. The van der Waals surface area contributed by atoms with Crippen LogP contribution in [0.3, 0.4) is 0 Å². The van der Waals surface area contributed by atoms with Crippen molar-refractivity contribution < 1.29 is 14.6 Å². The number of hydrogen-bond acceptors (Lipinski definition) is 3. The molecule has 0 amide bonds. The SMILES string of the molecule is O=C(O)c1ccc2c(c1)C1Nc3ccccc3CC1CO2. The molecular formula is C17H15NO3. The van der Waals surface area contributed by atoms with Gasteiger partial charge >= 0.3 is 5.97 Å². The van der Waals surface area contributed by atoms with Gasteiger partial charge in [0.1, 0.15) is 5.75 Å². The predicted molar refractivity (Wildman–Crippen MR) is 78.9 cm³/mol. The molecule has 4 rings (SSSR count). The van der Waals surface area contributed by atoms with E-state index in [1.54, 1.807) is 18.2 Å². The molecule has 4 nitrogen and oxygen atoms in total. The monoisotopic (exact) mass is 281 g/mol. The van der Waals surface area contributed by atoms with Crippen LogP contribution in [0.25, 0.3) is 0 Å². The Hall–Kier alpha value is -2.49. The van der Waals surface area contributed by atoms with E-state index in [0.29, 0.717) is 18.1 Å². The van der Waals surface area contributed by atoms with Crippen molar-refractivity contribution in [2.24, 2.45) is 5.92 Å². The topological polar surface area (TPSA) is 58.6 Å². The van der Waals surface area contributed by atoms with Crippen molar-refractivity contribution in [2.45, 2.75) is 12.5 Å². The van der Waals surface area contributed by atoms with Crippen molar-refractivity contribution in [1.82, 2.24) is 0 Å². The molecule has 2 heterocycles. The van der Waals surface area contributed by atoms with Gasteiger partial charge in [0.2, 0.25) is 0 Å². The lowest BCUT2D eigenvalue weighted by molar-refractivity contribution is 0.0696. The number of nitrogens with one attached hydrogen (secondary N) is 1. The second-order valence-corrected chi connectivity index (χ2v) is 5.61. The fraction of sp³-hybridized carbons (Fsp3) is 0.235. The van der Waals surface area contributed by atoms with E-state index in [1.165, 1.54) is 5.56 Å². The van der Waals surface area contributed by atoms with Crippen molar-refractivity contribution in [1.29, 1.82) is 0 Å². The van der Waals surface area contributed by atoms with Gasteiger partial charge in [-0.2, -0.15) is 0 Å². The van der Waals surface area contributed by atoms with Crippen LogP contribution >= 0.6 is 0 Å². The molecule has 0 aromatic heterocycles. The van der Waals surface area contributed by atoms with Crippen LogP contribution in [0.2, 0.25) is 0 Å². The van der Waals surface area contributed by atoms with Crippen molar-refractivity contribution in [3.05, 3.63) is 59.2 Å². The minimum absolute atomic E-state index is 0.114. The third-order valence-corrected chi connectivity index (χ3v) is 4.33. The molecule has 0 aliphatic carbocycles. The highest BCUT2D eigenvalue weighted by molar-refractivity contribution is 5.88. The van der Waals surface area contributed by atoms with Gasteiger partial charge < -0.3 is 15.2 Å². The van der Waals surface area contributed by atoms with Crippen LogP contribution in [-0.2, 0) is 6.42 Å². The van der Waals surface area contributed by atoms with Gasteiger partial charge in [-0.15, -0.1) is 0 Å². The molecule has 0 saturated carbocycles. The minimum atomic E-state index is -0.906. The van der Waals surface area contributed by atoms with Crippen molar-refractivity contribution in [3.63, 3.8) is 0 Å². The Bertz CT molecular complexity index is 726. The zero-order valence-corrected chi connectivity index (χ0v) is 11.4. The number of ether oxygens (including phenoxy) is 1. The Kier molecular flexibility index (Phi) is 2.64. The van der Waals surface area contributed by atoms with Gasteiger partial charge in [0.05, 0.1) is 18.2 Å². The van der Waals surface area contributed by atoms with Crippen LogP contribution in [0, 0.1) is 5.92 Å². The fourth-order valence-electron chi connectivity index (χ4n) is 3.26. The molecule has 0 saturated heterocycles. The number of rotatable bonds is 1. The summed E-state index contributed by atoms with van der Waals surface area (Å²) in [5, 5.41) is 12.7. The quantitative estimate of drug-likeness (QED) is 0.843. The molecule has 2 aliphatic rings. The van der Waals surface area contributed by atoms with Crippen molar-refractivity contribution in [3.8, 4) is 5.75 Å². The number of carboxylic acid groups (broad SMARTS) is 1. The van der Waals surface area contributed by atoms with Crippen molar-refractivity contribution >= 4 is 11.7 Å². The summed E-state index contributed by atoms with van der Waals surface area (Å²) < 4.78 is 5.81. The molecule has 2 unspecified atom stereocenters. The first-order chi connectivity index (χ1) is 10.2. The first-order valence-corrected chi connectivity index (χ1v) is 7.07. The van der Waals surface area contributed by atoms with Crippen LogP contribution < -0.4 is 10.1 Å². The van der Waals surface area contributed by atoms with E-state index < -0.39 is 5.97 Å². The van der Waals surface area contributed by atoms with Gasteiger partial charge in [-0.1, -0.05) is 18.2 Å². The van der Waals surface area contributed by atoms with Gasteiger partial charge in [-0.25, -0.2) is 4.79 Å². The maximum absolute atomic E-state index is 11.2. The summed E-state index contributed by atoms with van der Waals surface area (Å²) in [5.41, 5.74) is 3.67. The highest BCUT2D eigenvalue weighted by Crippen LogP contribution is 2.43. The van der Waals surface area contributed by atoms with Crippen LogP contribution in [0.1, 0.15) is 27.5 Å². The van der Waals surface area contributed by atoms with Gasteiger partial charge in [0, 0.05) is 17.2 Å². The Morgan fingerprint density at radius 3 is 2.95 bits per heavy atom. The summed E-state index contributed by atoms with van der Waals surface area (Å²) in [7, 11) is 0. The summed E-state index contributed by atoms with van der Waals surface area (Å²) in [6, 6.07) is 13.5. The van der Waals surface area contributed by atoms with E-state index in [1.807, 2.05) is 12.1 Å². The minimum Gasteiger partial charge on any atom is -0.493 e. The fourth-order valence-corrected chi connectivity index (χ4v) is 3.26. The number of carboxylic acids is 1. The summed E-state index contributed by atoms with van der Waals surface area (Å²) in [4.78, 5) is 11.2. The summed E-state index contributed by atoms with van der Waals surface area (Å²) in [6.07, 6.45) is 0.949. The second kappa shape index (κ2) is 4.52. The number of benzene rings is 2. The number of aromatic carboxylic acids is 1. The largest absolute Gasteiger partial charge is 0.493 e. The molecule has 0 radical (unpaired) electrons. The van der Waals surface area contributed by atoms with E-state index in [4.69, 9.17) is 4.74 Å². The second-order valence-electron chi connectivity index (χ2n) is 5.61. The number of hydrogen-bond donors (Lipinski definition) is 2. The normalized spacial score (nSPS) is 22.1. The standard InChI is InChI=1S/C17H15NO3/c19-17(20)11-5-6-15-13(8-11)16-12(9-21-15)7-10-3-1-2-4-14(10)18-16/h1-6,8,12,16,18H,7,9H2,(H,19,20). The lowest BCUT2D eigenvalue weighted by atomic mass is 9.82. The summed E-state index contributed by atoms with van der Waals surface area (Å²) in [5.74, 6) is 0.209. The highest BCUT2D eigenvalue weighted by Gasteiger charge is 2.35. The molecule has 4 heteroatoms. The van der Waals surface area contributed by atoms with E-state index in [-0.39, 0.29) is 6.04 Å². The molecule has 2 aromatic carbocycles. The summed E-state index contributed by atoms with van der Waals surface area (Å²) in [6.45, 7) is 0.658. The molecule has 2 atom stereocenters. The third kappa shape index (κ3) is 1.95. The Balaban J connectivity index is 1.78. The molecule has 2 aliphatic heterocycles. The average molecular weight is 281 g/mol. The molecule has 0 fully saturated rings. The van der Waals surface area contributed by atoms with Crippen LogP contribution in [-0.4, -0.2) is 17.7 Å². The molecule has 2 N–H and O–H groups in total. The van der Waals surface area contributed by atoms with E-state index in [9.17, 15) is 9.90 Å². The smallest absolute Gasteiger partial charge is 0.335 e. The average Bonchev–Trinajstić information content (AvgIpc) is 2.52. The molecule has 2 aromatic rings. The number of anilines is 1. The molecular weight excluding hydrogens is 266 g/mol.